The van der Waals surface area contributed by atoms with Crippen LogP contribution in [0.1, 0.15) is 0 Å². The van der Waals surface area contributed by atoms with Crippen LogP contribution in [0.25, 0.3) is 0 Å². The Morgan fingerprint density at radius 1 is 0.857 bits per heavy atom. The molecule has 0 rings (SSSR count). The average molecular weight is 381 g/mol. The molecular weight excluding hydrogens is 379 g/mol. The van der Waals surface area contributed by atoms with Gasteiger partial charge in [-0.2, -0.15) is 0 Å². The first kappa shape index (κ1) is 14.8. The molecule has 0 bridgehead atoms. The predicted octanol–water partition coefficient (Wildman–Crippen LogP) is 4.63. The number of halogens is 10. The molecule has 0 nitrogen and oxygen atoms in total. The van der Waals surface area contributed by atoms with Gasteiger partial charge >= 0.3 is 88.6 Å². The Labute approximate surface area is 88.5 Å². The Morgan fingerprint density at radius 3 is 1.43 bits per heavy atom. The van der Waals surface area contributed by atoms with E-state index in [2.05, 4.69) is 0 Å². The van der Waals surface area contributed by atoms with E-state index in [-0.39, 0.29) is 0 Å². The zero-order valence-corrected chi connectivity index (χ0v) is 9.66. The van der Waals surface area contributed by atoms with Crippen molar-refractivity contribution >= 4 is 35.4 Å². The van der Waals surface area contributed by atoms with Crippen LogP contribution in [0.15, 0.2) is 0 Å². The van der Waals surface area contributed by atoms with Crippen molar-refractivity contribution in [2.75, 3.05) is 4.43 Å². The van der Waals surface area contributed by atoms with Crippen molar-refractivity contribution in [3.05, 3.63) is 0 Å². The van der Waals surface area contributed by atoms with Crippen LogP contribution in [0.3, 0.4) is 0 Å². The summed E-state index contributed by atoms with van der Waals surface area (Å²) in [4.78, 5) is 0. The first-order valence-electron chi connectivity index (χ1n) is 2.73. The van der Waals surface area contributed by atoms with Crippen LogP contribution in [-0.2, 0) is 0 Å². The molecule has 88 valence electrons. The number of alkyl halides is 8. The summed E-state index contributed by atoms with van der Waals surface area (Å²) in [6, 6.07) is 0. The summed E-state index contributed by atoms with van der Waals surface area (Å²) < 4.78 is 81.5. The molecule has 10 heteroatoms. The van der Waals surface area contributed by atoms with Crippen molar-refractivity contribution in [1.29, 1.82) is 0 Å². The van der Waals surface area contributed by atoms with Crippen LogP contribution in [-0.4, -0.2) is 22.4 Å². The number of hydrogen-bond acceptors (Lipinski definition) is 0. The summed E-state index contributed by atoms with van der Waals surface area (Å²) >= 11 is -3.41. The Bertz CT molecular complexity index is 200. The second kappa shape index (κ2) is 4.36. The number of rotatable bonds is 3. The van der Waals surface area contributed by atoms with Gasteiger partial charge in [-0.05, 0) is 0 Å². The molecule has 0 aromatic carbocycles. The summed E-state index contributed by atoms with van der Waals surface area (Å²) in [6.07, 6.45) is -6.31. The summed E-state index contributed by atoms with van der Waals surface area (Å²) in [5, 5.41) is 0. The fraction of sp³-hybridized carbons (Fsp3) is 1.00. The molecule has 0 radical (unpaired) electrons. The van der Waals surface area contributed by atoms with Gasteiger partial charge in [-0.3, -0.25) is 0 Å². The molecular formula is C4H2Cl2F7I. The summed E-state index contributed by atoms with van der Waals surface area (Å²) in [6.45, 7) is 0. The summed E-state index contributed by atoms with van der Waals surface area (Å²) in [5.74, 6) is -11.3. The van der Waals surface area contributed by atoms with Crippen molar-refractivity contribution in [3.8, 4) is 0 Å². The van der Waals surface area contributed by atoms with Crippen LogP contribution in [0.5, 0.6) is 0 Å². The molecule has 0 spiro atoms. The topological polar surface area (TPSA) is 0 Å². The van der Waals surface area contributed by atoms with E-state index in [1.807, 2.05) is 0 Å². The van der Waals surface area contributed by atoms with Gasteiger partial charge in [-0.15, -0.1) is 0 Å². The fourth-order valence-electron chi connectivity index (χ4n) is 0.418. The maximum absolute atomic E-state index is 12.3. The number of hydrogen-bond donors (Lipinski definition) is 0. The van der Waals surface area contributed by atoms with Gasteiger partial charge < -0.3 is 0 Å². The van der Waals surface area contributed by atoms with Crippen molar-refractivity contribution in [2.45, 2.75) is 18.0 Å². The minimum absolute atomic E-state index is 1.81. The van der Waals surface area contributed by atoms with Gasteiger partial charge in [0.1, 0.15) is 0 Å². The van der Waals surface area contributed by atoms with E-state index in [0.29, 0.717) is 0 Å². The van der Waals surface area contributed by atoms with Crippen LogP contribution in [0.4, 0.5) is 30.7 Å². The third kappa shape index (κ3) is 3.16. The Kier molecular flexibility index (Phi) is 4.62. The predicted molar refractivity (Wildman–Crippen MR) is 46.5 cm³/mol. The van der Waals surface area contributed by atoms with Gasteiger partial charge in [0.15, 0.2) is 0 Å². The van der Waals surface area contributed by atoms with E-state index in [1.54, 1.807) is 0 Å². The van der Waals surface area contributed by atoms with Crippen LogP contribution in [0.2, 0.25) is 0 Å². The monoisotopic (exact) mass is 380 g/mol. The SMILES string of the molecule is FC(F)(F)C(F)(F)C(F)(F)CI(Cl)Cl. The molecule has 0 aromatic heterocycles. The molecule has 0 saturated heterocycles. The van der Waals surface area contributed by atoms with Crippen LogP contribution < -0.4 is 0 Å². The van der Waals surface area contributed by atoms with E-state index >= 15 is 0 Å². The van der Waals surface area contributed by atoms with Gasteiger partial charge in [0.25, 0.3) is 0 Å². The van der Waals surface area contributed by atoms with Crippen molar-refractivity contribution in [1.82, 2.24) is 0 Å². The second-order valence-electron chi connectivity index (χ2n) is 2.17. The zero-order chi connectivity index (χ0) is 11.8. The first-order chi connectivity index (χ1) is 5.92. The first-order valence-corrected chi connectivity index (χ1v) is 9.72. The van der Waals surface area contributed by atoms with E-state index in [4.69, 9.17) is 17.8 Å². The Morgan fingerprint density at radius 2 is 1.21 bits per heavy atom. The van der Waals surface area contributed by atoms with Crippen molar-refractivity contribution in [3.63, 3.8) is 0 Å². The molecule has 0 aromatic rings. The average Bonchev–Trinajstić information content (AvgIpc) is 1.80. The molecule has 0 aliphatic heterocycles. The van der Waals surface area contributed by atoms with Gasteiger partial charge in [-0.25, -0.2) is 0 Å². The standard InChI is InChI=1S/C4H2Cl2F7I/c5-14(6)1-2(7,8)3(9,10)4(11,12)13/h1H2. The molecule has 0 N–H and O–H groups in total. The van der Waals surface area contributed by atoms with Gasteiger partial charge in [-0.1, -0.05) is 0 Å². The Hall–Kier alpha value is 0.820. The summed E-state index contributed by atoms with van der Waals surface area (Å²) in [7, 11) is 9.72. The summed E-state index contributed by atoms with van der Waals surface area (Å²) in [5.41, 5.74) is 0. The third-order valence-corrected chi connectivity index (χ3v) is 3.97. The molecule has 0 amide bonds. The third-order valence-electron chi connectivity index (χ3n) is 1.08. The van der Waals surface area contributed by atoms with Crippen molar-refractivity contribution in [2.24, 2.45) is 0 Å². The molecule has 0 aliphatic rings. The van der Waals surface area contributed by atoms with Crippen LogP contribution in [0, 0.1) is 0 Å². The molecule has 0 aliphatic carbocycles. The molecule has 14 heavy (non-hydrogen) atoms. The Balaban J connectivity index is 4.88. The molecule has 0 unspecified atom stereocenters. The quantitative estimate of drug-likeness (QED) is 0.380. The van der Waals surface area contributed by atoms with E-state index in [1.165, 1.54) is 0 Å². The van der Waals surface area contributed by atoms with E-state index in [0.717, 1.165) is 0 Å². The van der Waals surface area contributed by atoms with Gasteiger partial charge in [0, 0.05) is 0 Å². The van der Waals surface area contributed by atoms with Gasteiger partial charge in [0.2, 0.25) is 0 Å². The van der Waals surface area contributed by atoms with Crippen LogP contribution >= 0.6 is 35.4 Å². The normalized spacial score (nSPS) is 15.6. The fourth-order valence-corrected chi connectivity index (χ4v) is 3.32. The minimum atomic E-state index is -6.31. The maximum atomic E-state index is 12.3. The van der Waals surface area contributed by atoms with E-state index in [9.17, 15) is 30.7 Å². The molecule has 0 atom stereocenters. The molecule has 0 saturated carbocycles. The second-order valence-corrected chi connectivity index (χ2v) is 10.00. The van der Waals surface area contributed by atoms with Crippen molar-refractivity contribution < 1.29 is 30.7 Å². The molecule has 0 fully saturated rings. The zero-order valence-electron chi connectivity index (χ0n) is 5.99. The van der Waals surface area contributed by atoms with E-state index < -0.39 is 40.0 Å². The molecule has 0 heterocycles. The van der Waals surface area contributed by atoms with Gasteiger partial charge in [0.05, 0.1) is 0 Å².